The van der Waals surface area contributed by atoms with Crippen molar-refractivity contribution in [3.63, 3.8) is 0 Å². The van der Waals surface area contributed by atoms with Gasteiger partial charge < -0.3 is 10.5 Å². The molecule has 0 radical (unpaired) electrons. The van der Waals surface area contributed by atoms with E-state index in [1.165, 1.54) is 6.42 Å². The molecule has 0 bridgehead atoms. The lowest BCUT2D eigenvalue weighted by Crippen LogP contribution is -2.09. The van der Waals surface area contributed by atoms with Crippen LogP contribution in [0.4, 0.5) is 0 Å². The maximum atomic E-state index is 5.78. The maximum Gasteiger partial charge on any atom is 0.218 e. The molecular formula is C13H20N2O. The molecule has 2 rings (SSSR count). The molecule has 16 heavy (non-hydrogen) atoms. The van der Waals surface area contributed by atoms with Crippen molar-refractivity contribution < 1.29 is 4.74 Å². The number of aryl methyl sites for hydroxylation is 1. The molecule has 1 unspecified atom stereocenters. The number of hydrogen-bond donors (Lipinski definition) is 1. The Labute approximate surface area is 97.0 Å². The molecule has 0 amide bonds. The average molecular weight is 220 g/mol. The van der Waals surface area contributed by atoms with Crippen molar-refractivity contribution in [1.29, 1.82) is 0 Å². The smallest absolute Gasteiger partial charge is 0.218 e. The van der Waals surface area contributed by atoms with Crippen LogP contribution in [0.25, 0.3) is 0 Å². The second-order valence-corrected chi connectivity index (χ2v) is 5.32. The van der Waals surface area contributed by atoms with Gasteiger partial charge in [0.2, 0.25) is 5.88 Å². The van der Waals surface area contributed by atoms with Gasteiger partial charge in [0, 0.05) is 17.8 Å². The number of ether oxygens (including phenoxy) is 1. The third-order valence-corrected chi connectivity index (χ3v) is 3.44. The molecule has 1 aliphatic carbocycles. The van der Waals surface area contributed by atoms with Gasteiger partial charge in [0.1, 0.15) is 0 Å². The molecule has 0 spiro atoms. The van der Waals surface area contributed by atoms with E-state index in [0.29, 0.717) is 23.8 Å². The third-order valence-electron chi connectivity index (χ3n) is 3.44. The lowest BCUT2D eigenvalue weighted by Gasteiger charge is -2.10. The lowest BCUT2D eigenvalue weighted by molar-refractivity contribution is 0.267. The second-order valence-electron chi connectivity index (χ2n) is 5.32. The fourth-order valence-corrected chi connectivity index (χ4v) is 1.88. The fourth-order valence-electron chi connectivity index (χ4n) is 1.88. The molecule has 1 atom stereocenters. The van der Waals surface area contributed by atoms with Gasteiger partial charge in [-0.2, -0.15) is 0 Å². The van der Waals surface area contributed by atoms with Crippen LogP contribution in [0.5, 0.6) is 5.88 Å². The first-order valence-corrected chi connectivity index (χ1v) is 5.82. The van der Waals surface area contributed by atoms with E-state index in [2.05, 4.69) is 18.8 Å². The predicted molar refractivity (Wildman–Crippen MR) is 64.2 cm³/mol. The predicted octanol–water partition coefficient (Wildman–Crippen LogP) is 2.27. The Morgan fingerprint density at radius 3 is 2.75 bits per heavy atom. The summed E-state index contributed by atoms with van der Waals surface area (Å²) in [5, 5.41) is 0. The zero-order chi connectivity index (χ0) is 11.8. The van der Waals surface area contributed by atoms with Crippen LogP contribution in [0.2, 0.25) is 0 Å². The Morgan fingerprint density at radius 2 is 2.19 bits per heavy atom. The first-order chi connectivity index (χ1) is 7.53. The van der Waals surface area contributed by atoms with Crippen LogP contribution in [0, 0.1) is 18.3 Å². The Balaban J connectivity index is 2.00. The van der Waals surface area contributed by atoms with E-state index in [1.54, 1.807) is 0 Å². The van der Waals surface area contributed by atoms with E-state index in [0.717, 1.165) is 17.9 Å². The summed E-state index contributed by atoms with van der Waals surface area (Å²) in [5.74, 6) is 1.38. The number of nitrogens with zero attached hydrogens (tertiary/aromatic N) is 1. The van der Waals surface area contributed by atoms with Crippen molar-refractivity contribution in [1.82, 2.24) is 4.98 Å². The zero-order valence-electron chi connectivity index (χ0n) is 10.3. The summed E-state index contributed by atoms with van der Waals surface area (Å²) in [6.07, 6.45) is 1.25. The highest BCUT2D eigenvalue weighted by Gasteiger charge is 2.46. The summed E-state index contributed by atoms with van der Waals surface area (Å²) < 4.78 is 5.78. The minimum atomic E-state index is 0.451. The quantitative estimate of drug-likeness (QED) is 0.846. The molecule has 1 aromatic heterocycles. The Kier molecular flexibility index (Phi) is 2.89. The number of aromatic nitrogens is 1. The summed E-state index contributed by atoms with van der Waals surface area (Å²) in [4.78, 5) is 4.39. The van der Waals surface area contributed by atoms with Crippen LogP contribution in [-0.4, -0.2) is 11.6 Å². The Bertz CT molecular complexity index is 388. The summed E-state index contributed by atoms with van der Waals surface area (Å²) in [5.41, 5.74) is 8.07. The molecule has 1 fully saturated rings. The van der Waals surface area contributed by atoms with Crippen LogP contribution in [0.15, 0.2) is 12.1 Å². The van der Waals surface area contributed by atoms with E-state index >= 15 is 0 Å². The topological polar surface area (TPSA) is 48.1 Å². The number of pyridine rings is 1. The molecule has 88 valence electrons. The number of nitrogens with two attached hydrogens (primary N) is 1. The molecule has 2 N–H and O–H groups in total. The van der Waals surface area contributed by atoms with Gasteiger partial charge >= 0.3 is 0 Å². The van der Waals surface area contributed by atoms with Crippen molar-refractivity contribution in [3.8, 4) is 5.88 Å². The Hall–Kier alpha value is -1.09. The van der Waals surface area contributed by atoms with Crippen molar-refractivity contribution in [2.75, 3.05) is 6.61 Å². The molecular weight excluding hydrogens is 200 g/mol. The van der Waals surface area contributed by atoms with Gasteiger partial charge in [-0.05, 0) is 30.7 Å². The standard InChI is InChI=1S/C13H20N2O/c1-9-4-5-10(7-14)12(15-9)16-8-11-6-13(11,2)3/h4-5,11H,6-8,14H2,1-3H3. The SMILES string of the molecule is Cc1ccc(CN)c(OCC2CC2(C)C)n1. The largest absolute Gasteiger partial charge is 0.477 e. The minimum absolute atomic E-state index is 0.451. The second kappa shape index (κ2) is 4.06. The number of hydrogen-bond acceptors (Lipinski definition) is 3. The minimum Gasteiger partial charge on any atom is -0.477 e. The van der Waals surface area contributed by atoms with E-state index < -0.39 is 0 Å². The van der Waals surface area contributed by atoms with E-state index in [4.69, 9.17) is 10.5 Å². The molecule has 0 saturated heterocycles. The molecule has 1 aliphatic rings. The third kappa shape index (κ3) is 2.35. The zero-order valence-corrected chi connectivity index (χ0v) is 10.3. The van der Waals surface area contributed by atoms with Crippen LogP contribution < -0.4 is 10.5 Å². The van der Waals surface area contributed by atoms with Crippen molar-refractivity contribution in [3.05, 3.63) is 23.4 Å². The van der Waals surface area contributed by atoms with Crippen molar-refractivity contribution in [2.45, 2.75) is 33.7 Å². The molecule has 0 aliphatic heterocycles. The molecule has 0 aromatic carbocycles. The van der Waals surface area contributed by atoms with Crippen LogP contribution in [-0.2, 0) is 6.54 Å². The van der Waals surface area contributed by atoms with Gasteiger partial charge in [0.05, 0.1) is 6.61 Å². The highest BCUT2D eigenvalue weighted by atomic mass is 16.5. The van der Waals surface area contributed by atoms with Crippen LogP contribution in [0.1, 0.15) is 31.5 Å². The first kappa shape index (κ1) is 11.4. The summed E-state index contributed by atoms with van der Waals surface area (Å²) in [7, 11) is 0. The molecule has 3 nitrogen and oxygen atoms in total. The first-order valence-electron chi connectivity index (χ1n) is 5.82. The van der Waals surface area contributed by atoms with Crippen molar-refractivity contribution >= 4 is 0 Å². The summed E-state index contributed by atoms with van der Waals surface area (Å²) in [6, 6.07) is 3.96. The maximum absolute atomic E-state index is 5.78. The van der Waals surface area contributed by atoms with Gasteiger partial charge in [-0.3, -0.25) is 0 Å². The van der Waals surface area contributed by atoms with Crippen LogP contribution in [0.3, 0.4) is 0 Å². The van der Waals surface area contributed by atoms with Crippen molar-refractivity contribution in [2.24, 2.45) is 17.1 Å². The highest BCUT2D eigenvalue weighted by molar-refractivity contribution is 5.27. The van der Waals surface area contributed by atoms with E-state index in [-0.39, 0.29) is 0 Å². The average Bonchev–Trinajstić information content (AvgIpc) is 2.84. The molecule has 1 aromatic rings. The fraction of sp³-hybridized carbons (Fsp3) is 0.615. The lowest BCUT2D eigenvalue weighted by atomic mass is 10.1. The van der Waals surface area contributed by atoms with Gasteiger partial charge in [-0.15, -0.1) is 0 Å². The molecule has 1 saturated carbocycles. The van der Waals surface area contributed by atoms with Crippen LogP contribution >= 0.6 is 0 Å². The van der Waals surface area contributed by atoms with Gasteiger partial charge in [0.25, 0.3) is 0 Å². The monoisotopic (exact) mass is 220 g/mol. The summed E-state index contributed by atoms with van der Waals surface area (Å²) >= 11 is 0. The molecule has 3 heteroatoms. The molecule has 1 heterocycles. The van der Waals surface area contributed by atoms with Gasteiger partial charge in [-0.1, -0.05) is 19.9 Å². The Morgan fingerprint density at radius 1 is 1.50 bits per heavy atom. The van der Waals surface area contributed by atoms with Gasteiger partial charge in [-0.25, -0.2) is 4.98 Å². The van der Waals surface area contributed by atoms with E-state index in [9.17, 15) is 0 Å². The number of rotatable bonds is 4. The van der Waals surface area contributed by atoms with E-state index in [1.807, 2.05) is 19.1 Å². The normalized spacial score (nSPS) is 21.9. The summed E-state index contributed by atoms with van der Waals surface area (Å²) in [6.45, 7) is 7.75. The highest BCUT2D eigenvalue weighted by Crippen LogP contribution is 2.51. The van der Waals surface area contributed by atoms with Gasteiger partial charge in [0.15, 0.2) is 0 Å².